The van der Waals surface area contributed by atoms with Crippen molar-refractivity contribution in [2.24, 2.45) is 17.6 Å². The molecule has 2 N–H and O–H groups in total. The highest BCUT2D eigenvalue weighted by atomic mass is 16.5. The molecule has 4 unspecified atom stereocenters. The molecule has 1 aliphatic carbocycles. The Morgan fingerprint density at radius 3 is 2.83 bits per heavy atom. The lowest BCUT2D eigenvalue weighted by molar-refractivity contribution is -0.137. The average molecular weight is 254 g/mol. The number of carbonyl (C=O) groups excluding carboxylic acids is 1. The van der Waals surface area contributed by atoms with E-state index in [4.69, 9.17) is 10.5 Å². The van der Waals surface area contributed by atoms with Gasteiger partial charge in [-0.05, 0) is 38.0 Å². The molecule has 4 nitrogen and oxygen atoms in total. The van der Waals surface area contributed by atoms with E-state index < -0.39 is 0 Å². The van der Waals surface area contributed by atoms with Gasteiger partial charge in [0.25, 0.3) is 0 Å². The smallest absolute Gasteiger partial charge is 0.227 e. The van der Waals surface area contributed by atoms with Crippen LogP contribution < -0.4 is 5.73 Å². The van der Waals surface area contributed by atoms with Crippen molar-refractivity contribution in [3.63, 3.8) is 0 Å². The zero-order valence-electron chi connectivity index (χ0n) is 11.6. The second-order valence-electron chi connectivity index (χ2n) is 6.04. The number of ether oxygens (including phenoxy) is 1. The molecule has 0 aromatic heterocycles. The summed E-state index contributed by atoms with van der Waals surface area (Å²) >= 11 is 0. The first-order valence-corrected chi connectivity index (χ1v) is 7.20. The molecule has 4 heteroatoms. The van der Waals surface area contributed by atoms with E-state index in [0.29, 0.717) is 5.92 Å². The number of nitrogens with zero attached hydrogens (tertiary/aromatic N) is 1. The van der Waals surface area contributed by atoms with Gasteiger partial charge < -0.3 is 15.4 Å². The predicted octanol–water partition coefficient (Wildman–Crippen LogP) is 1.39. The van der Waals surface area contributed by atoms with E-state index in [0.717, 1.165) is 45.3 Å². The van der Waals surface area contributed by atoms with Gasteiger partial charge >= 0.3 is 0 Å². The normalized spacial score (nSPS) is 36.6. The van der Waals surface area contributed by atoms with Crippen LogP contribution in [0.5, 0.6) is 0 Å². The van der Waals surface area contributed by atoms with Crippen molar-refractivity contribution in [1.82, 2.24) is 4.90 Å². The second kappa shape index (κ2) is 6.02. The van der Waals surface area contributed by atoms with Gasteiger partial charge in [0, 0.05) is 26.2 Å². The van der Waals surface area contributed by atoms with Gasteiger partial charge in [-0.1, -0.05) is 6.92 Å². The average Bonchev–Trinajstić information content (AvgIpc) is 2.84. The minimum atomic E-state index is 0.0140. The molecule has 1 heterocycles. The van der Waals surface area contributed by atoms with Crippen molar-refractivity contribution < 1.29 is 9.53 Å². The molecule has 4 atom stereocenters. The zero-order valence-corrected chi connectivity index (χ0v) is 11.6. The summed E-state index contributed by atoms with van der Waals surface area (Å²) in [6.45, 7) is 3.77. The van der Waals surface area contributed by atoms with Crippen molar-refractivity contribution in [3.05, 3.63) is 0 Å². The Morgan fingerprint density at radius 1 is 1.39 bits per heavy atom. The molecule has 0 bridgehead atoms. The van der Waals surface area contributed by atoms with E-state index in [9.17, 15) is 4.79 Å². The monoisotopic (exact) mass is 254 g/mol. The topological polar surface area (TPSA) is 55.6 Å². The highest BCUT2D eigenvalue weighted by Crippen LogP contribution is 2.29. The van der Waals surface area contributed by atoms with Crippen molar-refractivity contribution in [3.8, 4) is 0 Å². The molecule has 1 aliphatic heterocycles. The molecule has 1 amide bonds. The fraction of sp³-hybridized carbons (Fsp3) is 0.929. The summed E-state index contributed by atoms with van der Waals surface area (Å²) in [6.07, 6.45) is 5.50. The summed E-state index contributed by atoms with van der Waals surface area (Å²) in [5.41, 5.74) is 6.11. The summed E-state index contributed by atoms with van der Waals surface area (Å²) < 4.78 is 5.58. The highest BCUT2D eigenvalue weighted by molar-refractivity contribution is 5.79. The summed E-state index contributed by atoms with van der Waals surface area (Å²) in [5, 5.41) is 0. The molecule has 1 saturated heterocycles. The number of hydrogen-bond acceptors (Lipinski definition) is 3. The van der Waals surface area contributed by atoms with E-state index in [-0.39, 0.29) is 24.0 Å². The van der Waals surface area contributed by atoms with Crippen molar-refractivity contribution >= 4 is 5.91 Å². The maximum absolute atomic E-state index is 12.4. The quantitative estimate of drug-likeness (QED) is 0.828. The SMILES string of the molecule is CC1CCC(N)C(C(=O)N(C)CC2CCCO2)C1. The fourth-order valence-corrected chi connectivity index (χ4v) is 3.16. The van der Waals surface area contributed by atoms with Crippen LogP contribution in [-0.4, -0.2) is 43.2 Å². The second-order valence-corrected chi connectivity index (χ2v) is 6.04. The van der Waals surface area contributed by atoms with E-state index >= 15 is 0 Å². The van der Waals surface area contributed by atoms with Crippen LogP contribution >= 0.6 is 0 Å². The Hall–Kier alpha value is -0.610. The maximum Gasteiger partial charge on any atom is 0.227 e. The molecule has 1 saturated carbocycles. The molecule has 0 aromatic rings. The lowest BCUT2D eigenvalue weighted by Gasteiger charge is -2.34. The van der Waals surface area contributed by atoms with Crippen molar-refractivity contribution in [2.45, 2.75) is 51.2 Å². The fourth-order valence-electron chi connectivity index (χ4n) is 3.16. The molecular formula is C14H26N2O2. The van der Waals surface area contributed by atoms with Crippen LogP contribution in [0.15, 0.2) is 0 Å². The van der Waals surface area contributed by atoms with E-state index in [1.165, 1.54) is 0 Å². The summed E-state index contributed by atoms with van der Waals surface area (Å²) in [4.78, 5) is 14.3. The van der Waals surface area contributed by atoms with Gasteiger partial charge in [0.1, 0.15) is 0 Å². The number of carbonyl (C=O) groups is 1. The van der Waals surface area contributed by atoms with Crippen molar-refractivity contribution in [1.29, 1.82) is 0 Å². The molecule has 2 rings (SSSR count). The van der Waals surface area contributed by atoms with Gasteiger partial charge in [0.2, 0.25) is 5.91 Å². The minimum absolute atomic E-state index is 0.0140. The Morgan fingerprint density at radius 2 is 2.17 bits per heavy atom. The number of rotatable bonds is 3. The van der Waals surface area contributed by atoms with Gasteiger partial charge in [-0.25, -0.2) is 0 Å². The van der Waals surface area contributed by atoms with Crippen LogP contribution in [-0.2, 0) is 9.53 Å². The number of amides is 1. The zero-order chi connectivity index (χ0) is 13.1. The third-order valence-electron chi connectivity index (χ3n) is 4.36. The van der Waals surface area contributed by atoms with Crippen LogP contribution in [0.2, 0.25) is 0 Å². The lowest BCUT2D eigenvalue weighted by atomic mass is 9.78. The third kappa shape index (κ3) is 3.23. The number of hydrogen-bond donors (Lipinski definition) is 1. The molecule has 0 aromatic carbocycles. The first-order valence-electron chi connectivity index (χ1n) is 7.20. The predicted molar refractivity (Wildman–Crippen MR) is 71.1 cm³/mol. The van der Waals surface area contributed by atoms with E-state index in [2.05, 4.69) is 6.92 Å². The third-order valence-corrected chi connectivity index (χ3v) is 4.36. The largest absolute Gasteiger partial charge is 0.376 e. The van der Waals surface area contributed by atoms with E-state index in [1.54, 1.807) is 0 Å². The van der Waals surface area contributed by atoms with Crippen molar-refractivity contribution in [2.75, 3.05) is 20.2 Å². The molecule has 0 radical (unpaired) electrons. The van der Waals surface area contributed by atoms with Gasteiger partial charge in [0.15, 0.2) is 0 Å². The summed E-state index contributed by atoms with van der Waals surface area (Å²) in [6, 6.07) is 0.0423. The van der Waals surface area contributed by atoms with Crippen LogP contribution in [0.4, 0.5) is 0 Å². The summed E-state index contributed by atoms with van der Waals surface area (Å²) in [7, 11) is 1.88. The Bertz CT molecular complexity index is 290. The molecule has 18 heavy (non-hydrogen) atoms. The highest BCUT2D eigenvalue weighted by Gasteiger charge is 2.34. The number of likely N-dealkylation sites (N-methyl/N-ethyl adjacent to an activating group) is 1. The first-order chi connectivity index (χ1) is 8.58. The van der Waals surface area contributed by atoms with E-state index in [1.807, 2.05) is 11.9 Å². The van der Waals surface area contributed by atoms with Gasteiger partial charge in [-0.3, -0.25) is 4.79 Å². The maximum atomic E-state index is 12.4. The van der Waals surface area contributed by atoms with Gasteiger partial charge in [-0.2, -0.15) is 0 Å². The van der Waals surface area contributed by atoms with Crippen LogP contribution in [0.3, 0.4) is 0 Å². The standard InChI is InChI=1S/C14H26N2O2/c1-10-5-6-13(15)12(8-10)14(17)16(2)9-11-4-3-7-18-11/h10-13H,3-9,15H2,1-2H3. The molecule has 2 fully saturated rings. The van der Waals surface area contributed by atoms with Crippen LogP contribution in [0, 0.1) is 11.8 Å². The Labute approximate surface area is 110 Å². The molecule has 2 aliphatic rings. The molecule has 0 spiro atoms. The Kier molecular flexibility index (Phi) is 4.62. The van der Waals surface area contributed by atoms with Crippen LogP contribution in [0.25, 0.3) is 0 Å². The number of nitrogens with two attached hydrogens (primary N) is 1. The lowest BCUT2D eigenvalue weighted by Crippen LogP contribution is -2.47. The Balaban J connectivity index is 1.88. The molecular weight excluding hydrogens is 228 g/mol. The van der Waals surface area contributed by atoms with Crippen LogP contribution in [0.1, 0.15) is 39.0 Å². The summed E-state index contributed by atoms with van der Waals surface area (Å²) in [5.74, 6) is 0.847. The minimum Gasteiger partial charge on any atom is -0.376 e. The van der Waals surface area contributed by atoms with Gasteiger partial charge in [0.05, 0.1) is 12.0 Å². The molecule has 104 valence electrons. The first kappa shape index (κ1) is 13.8. The van der Waals surface area contributed by atoms with Gasteiger partial charge in [-0.15, -0.1) is 0 Å².